The number of rotatable bonds is 1. The van der Waals surface area contributed by atoms with Gasteiger partial charge in [-0.05, 0) is 6.07 Å². The first kappa shape index (κ1) is 11.6. The van der Waals surface area contributed by atoms with E-state index in [1.807, 2.05) is 6.07 Å². The molecule has 0 aromatic carbocycles. The van der Waals surface area contributed by atoms with Gasteiger partial charge < -0.3 is 4.90 Å². The summed E-state index contributed by atoms with van der Waals surface area (Å²) < 4.78 is 0. The van der Waals surface area contributed by atoms with Crippen LogP contribution in [0.2, 0.25) is 0 Å². The summed E-state index contributed by atoms with van der Waals surface area (Å²) in [6.45, 7) is 0.850. The SMILES string of the molecule is CN1C(=O)C2CN(c3nccc(C#N)n3)CC2C1=O. The van der Waals surface area contributed by atoms with Gasteiger partial charge in [-0.25, -0.2) is 9.97 Å². The van der Waals surface area contributed by atoms with Crippen LogP contribution in [0.15, 0.2) is 12.3 Å². The molecule has 19 heavy (non-hydrogen) atoms. The molecular weight excluding hydrogens is 246 g/mol. The van der Waals surface area contributed by atoms with Crippen LogP contribution in [0.25, 0.3) is 0 Å². The molecule has 0 bridgehead atoms. The van der Waals surface area contributed by atoms with Crippen molar-refractivity contribution in [2.24, 2.45) is 11.8 Å². The van der Waals surface area contributed by atoms with Crippen molar-refractivity contribution < 1.29 is 9.59 Å². The van der Waals surface area contributed by atoms with Crippen LogP contribution in [-0.4, -0.2) is 46.8 Å². The minimum absolute atomic E-state index is 0.145. The molecule has 7 nitrogen and oxygen atoms in total. The molecule has 1 aromatic heterocycles. The number of likely N-dealkylation sites (tertiary alicyclic amines) is 1. The first-order valence-electron chi connectivity index (χ1n) is 5.91. The summed E-state index contributed by atoms with van der Waals surface area (Å²) >= 11 is 0. The van der Waals surface area contributed by atoms with E-state index in [2.05, 4.69) is 9.97 Å². The van der Waals surface area contributed by atoms with Crippen LogP contribution in [0.3, 0.4) is 0 Å². The van der Waals surface area contributed by atoms with Crippen molar-refractivity contribution in [2.45, 2.75) is 0 Å². The number of imide groups is 1. The number of fused-ring (bicyclic) bond motifs is 1. The Morgan fingerprint density at radius 1 is 1.32 bits per heavy atom. The predicted octanol–water partition coefficient (Wildman–Crippen LogP) is -0.601. The maximum Gasteiger partial charge on any atom is 0.234 e. The Balaban J connectivity index is 1.86. The lowest BCUT2D eigenvalue weighted by molar-refractivity contribution is -0.138. The van der Waals surface area contributed by atoms with Crippen LogP contribution >= 0.6 is 0 Å². The van der Waals surface area contributed by atoms with E-state index in [9.17, 15) is 9.59 Å². The largest absolute Gasteiger partial charge is 0.339 e. The highest BCUT2D eigenvalue weighted by atomic mass is 16.2. The van der Waals surface area contributed by atoms with Crippen molar-refractivity contribution >= 4 is 17.8 Å². The summed E-state index contributed by atoms with van der Waals surface area (Å²) in [6.07, 6.45) is 1.50. The molecule has 2 aliphatic heterocycles. The molecule has 2 amide bonds. The Labute approximate surface area is 109 Å². The second-order valence-corrected chi connectivity index (χ2v) is 4.71. The van der Waals surface area contributed by atoms with Crippen molar-refractivity contribution in [3.8, 4) is 6.07 Å². The average Bonchev–Trinajstić information content (AvgIpc) is 2.96. The van der Waals surface area contributed by atoms with Crippen molar-refractivity contribution in [1.82, 2.24) is 14.9 Å². The van der Waals surface area contributed by atoms with Gasteiger partial charge in [0, 0.05) is 26.3 Å². The Morgan fingerprint density at radius 2 is 1.95 bits per heavy atom. The van der Waals surface area contributed by atoms with Gasteiger partial charge >= 0.3 is 0 Å². The zero-order valence-electron chi connectivity index (χ0n) is 10.3. The quantitative estimate of drug-likeness (QED) is 0.624. The van der Waals surface area contributed by atoms with Crippen molar-refractivity contribution in [2.75, 3.05) is 25.0 Å². The smallest absolute Gasteiger partial charge is 0.234 e. The van der Waals surface area contributed by atoms with Gasteiger partial charge in [0.25, 0.3) is 0 Å². The fourth-order valence-corrected chi connectivity index (χ4v) is 2.64. The fourth-order valence-electron chi connectivity index (χ4n) is 2.64. The predicted molar refractivity (Wildman–Crippen MR) is 63.7 cm³/mol. The third-order valence-electron chi connectivity index (χ3n) is 3.66. The lowest BCUT2D eigenvalue weighted by atomic mass is 10.00. The summed E-state index contributed by atoms with van der Waals surface area (Å²) in [5, 5.41) is 8.81. The average molecular weight is 257 g/mol. The normalized spacial score (nSPS) is 25.7. The molecule has 2 aliphatic rings. The van der Waals surface area contributed by atoms with E-state index in [1.54, 1.807) is 4.90 Å². The number of nitriles is 1. The zero-order valence-corrected chi connectivity index (χ0v) is 10.3. The summed E-state index contributed by atoms with van der Waals surface area (Å²) in [5.74, 6) is -0.515. The van der Waals surface area contributed by atoms with Crippen LogP contribution in [-0.2, 0) is 9.59 Å². The molecule has 0 radical (unpaired) electrons. The second-order valence-electron chi connectivity index (χ2n) is 4.71. The van der Waals surface area contributed by atoms with Crippen molar-refractivity contribution in [1.29, 1.82) is 5.26 Å². The van der Waals surface area contributed by atoms with Crippen molar-refractivity contribution in [3.63, 3.8) is 0 Å². The van der Waals surface area contributed by atoms with Gasteiger partial charge in [-0.15, -0.1) is 0 Å². The molecule has 3 heterocycles. The number of aromatic nitrogens is 2. The fraction of sp³-hybridized carbons (Fsp3) is 0.417. The van der Waals surface area contributed by atoms with E-state index >= 15 is 0 Å². The Kier molecular flexibility index (Phi) is 2.45. The maximum absolute atomic E-state index is 11.9. The summed E-state index contributed by atoms with van der Waals surface area (Å²) in [4.78, 5) is 34.9. The molecule has 2 saturated heterocycles. The number of hydrogen-bond acceptors (Lipinski definition) is 6. The van der Waals surface area contributed by atoms with Gasteiger partial charge in [-0.3, -0.25) is 14.5 Å². The zero-order chi connectivity index (χ0) is 13.6. The van der Waals surface area contributed by atoms with Crippen LogP contribution in [0.5, 0.6) is 0 Å². The molecule has 3 rings (SSSR count). The Morgan fingerprint density at radius 3 is 2.53 bits per heavy atom. The van der Waals surface area contributed by atoms with Gasteiger partial charge in [-0.1, -0.05) is 0 Å². The van der Waals surface area contributed by atoms with E-state index in [0.29, 0.717) is 19.0 Å². The Bertz CT molecular complexity index is 584. The monoisotopic (exact) mass is 257 g/mol. The number of hydrogen-bond donors (Lipinski definition) is 0. The van der Waals surface area contributed by atoms with Crippen LogP contribution in [0.4, 0.5) is 5.95 Å². The van der Waals surface area contributed by atoms with Crippen LogP contribution in [0, 0.1) is 23.2 Å². The number of nitrogens with zero attached hydrogens (tertiary/aromatic N) is 5. The molecule has 2 fully saturated rings. The van der Waals surface area contributed by atoms with Gasteiger partial charge in [0.05, 0.1) is 11.8 Å². The Hall–Kier alpha value is -2.49. The van der Waals surface area contributed by atoms with E-state index in [1.165, 1.54) is 24.2 Å². The molecular formula is C12H11N5O2. The molecule has 2 atom stereocenters. The van der Waals surface area contributed by atoms with E-state index in [-0.39, 0.29) is 29.3 Å². The first-order chi connectivity index (χ1) is 9.11. The lowest BCUT2D eigenvalue weighted by Gasteiger charge is -2.18. The lowest BCUT2D eigenvalue weighted by Crippen LogP contribution is -2.33. The minimum atomic E-state index is -0.313. The molecule has 0 N–H and O–H groups in total. The molecule has 1 aromatic rings. The van der Waals surface area contributed by atoms with Gasteiger partial charge in [-0.2, -0.15) is 5.26 Å². The highest BCUT2D eigenvalue weighted by Gasteiger charge is 2.51. The third-order valence-corrected chi connectivity index (χ3v) is 3.66. The maximum atomic E-state index is 11.9. The molecule has 96 valence electrons. The molecule has 0 aliphatic carbocycles. The third kappa shape index (κ3) is 1.64. The van der Waals surface area contributed by atoms with Gasteiger partial charge in [0.2, 0.25) is 17.8 Å². The summed E-state index contributed by atoms with van der Waals surface area (Å²) in [6, 6.07) is 3.46. The number of anilines is 1. The molecule has 7 heteroatoms. The van der Waals surface area contributed by atoms with E-state index in [4.69, 9.17) is 5.26 Å². The topological polar surface area (TPSA) is 90.2 Å². The minimum Gasteiger partial charge on any atom is -0.339 e. The van der Waals surface area contributed by atoms with Crippen LogP contribution in [0.1, 0.15) is 5.69 Å². The number of amides is 2. The van der Waals surface area contributed by atoms with E-state index in [0.717, 1.165) is 0 Å². The van der Waals surface area contributed by atoms with Gasteiger partial charge in [0.1, 0.15) is 11.8 Å². The summed E-state index contributed by atoms with van der Waals surface area (Å²) in [5.41, 5.74) is 0.275. The highest BCUT2D eigenvalue weighted by molar-refractivity contribution is 6.06. The molecule has 0 spiro atoms. The molecule has 0 saturated carbocycles. The van der Waals surface area contributed by atoms with E-state index < -0.39 is 0 Å². The summed E-state index contributed by atoms with van der Waals surface area (Å²) in [7, 11) is 1.51. The first-order valence-corrected chi connectivity index (χ1v) is 5.91. The van der Waals surface area contributed by atoms with Crippen LogP contribution < -0.4 is 4.90 Å². The van der Waals surface area contributed by atoms with Crippen molar-refractivity contribution in [3.05, 3.63) is 18.0 Å². The molecule has 2 unspecified atom stereocenters. The van der Waals surface area contributed by atoms with Gasteiger partial charge in [0.15, 0.2) is 0 Å². The second kappa shape index (κ2) is 4.02. The number of carbonyl (C=O) groups excluding carboxylic acids is 2. The highest BCUT2D eigenvalue weighted by Crippen LogP contribution is 2.33. The standard InChI is InChI=1S/C12H11N5O2/c1-16-10(18)8-5-17(6-9(8)11(16)19)12-14-3-2-7(4-13)15-12/h2-3,8-9H,5-6H2,1H3. The number of carbonyl (C=O) groups is 2.